The molecule has 0 aliphatic rings. The van der Waals surface area contributed by atoms with Gasteiger partial charge in [0, 0.05) is 25.5 Å². The Morgan fingerprint density at radius 1 is 0.933 bits per heavy atom. The van der Waals surface area contributed by atoms with Crippen LogP contribution in [0, 0.1) is 0 Å². The number of hydrogen-bond acceptors (Lipinski definition) is 7. The molecule has 2 unspecified atom stereocenters. The molecule has 2 amide bonds. The monoisotopic (exact) mass is 413 g/mol. The third-order valence-corrected chi connectivity index (χ3v) is 4.27. The van der Waals surface area contributed by atoms with E-state index < -0.39 is 24.0 Å². The van der Waals surface area contributed by atoms with Crippen molar-refractivity contribution < 1.29 is 19.1 Å². The molecule has 0 saturated carbocycles. The third-order valence-electron chi connectivity index (χ3n) is 4.27. The van der Waals surface area contributed by atoms with E-state index in [1.807, 2.05) is 41.3 Å². The zero-order valence-corrected chi connectivity index (χ0v) is 17.4. The highest BCUT2D eigenvalue weighted by molar-refractivity contribution is 5.90. The number of aromatic nitrogens is 2. The summed E-state index contributed by atoms with van der Waals surface area (Å²) in [6.07, 6.45) is 3.40. The Kier molecular flexibility index (Phi) is 8.89. The average molecular weight is 413 g/mol. The highest BCUT2D eigenvalue weighted by Crippen LogP contribution is 2.06. The van der Waals surface area contributed by atoms with Crippen LogP contribution in [0.3, 0.4) is 0 Å². The number of nitrogens with zero attached hydrogens (tertiary/aromatic N) is 3. The molecule has 160 valence electrons. The first-order valence-corrected chi connectivity index (χ1v) is 9.58. The van der Waals surface area contributed by atoms with Gasteiger partial charge in [0.2, 0.25) is 11.8 Å². The van der Waals surface area contributed by atoms with Crippen LogP contribution in [-0.2, 0) is 32.2 Å². The Balaban J connectivity index is 1.97. The zero-order chi connectivity index (χ0) is 21.9. The Hall–Kier alpha value is -3.33. The van der Waals surface area contributed by atoms with Crippen molar-refractivity contribution in [1.82, 2.24) is 25.5 Å². The minimum atomic E-state index is -0.809. The summed E-state index contributed by atoms with van der Waals surface area (Å²) in [6, 6.07) is 9.58. The van der Waals surface area contributed by atoms with E-state index in [0.29, 0.717) is 13.1 Å². The quantitative estimate of drug-likeness (QED) is 0.550. The van der Waals surface area contributed by atoms with E-state index in [0.717, 1.165) is 11.4 Å². The lowest BCUT2D eigenvalue weighted by molar-refractivity contribution is -0.144. The Morgan fingerprint density at radius 3 is 1.97 bits per heavy atom. The molecule has 2 rings (SSSR count). The molecule has 2 N–H and O–H groups in total. The molecule has 2 heterocycles. The maximum Gasteiger partial charge on any atom is 0.328 e. The van der Waals surface area contributed by atoms with Crippen LogP contribution in [0.15, 0.2) is 48.8 Å². The van der Waals surface area contributed by atoms with Gasteiger partial charge < -0.3 is 15.4 Å². The summed E-state index contributed by atoms with van der Waals surface area (Å²) in [4.78, 5) is 46.7. The Morgan fingerprint density at radius 2 is 1.50 bits per heavy atom. The van der Waals surface area contributed by atoms with Crippen LogP contribution in [0.2, 0.25) is 0 Å². The summed E-state index contributed by atoms with van der Waals surface area (Å²) >= 11 is 0. The summed E-state index contributed by atoms with van der Waals surface area (Å²) < 4.78 is 4.58. The predicted octanol–water partition coefficient (Wildman–Crippen LogP) is 0.661. The van der Waals surface area contributed by atoms with Gasteiger partial charge in [-0.15, -0.1) is 0 Å². The highest BCUT2D eigenvalue weighted by atomic mass is 16.5. The van der Waals surface area contributed by atoms with Crippen molar-refractivity contribution >= 4 is 17.8 Å². The van der Waals surface area contributed by atoms with Crippen molar-refractivity contribution in [3.63, 3.8) is 0 Å². The van der Waals surface area contributed by atoms with E-state index in [1.165, 1.54) is 14.0 Å². The summed E-state index contributed by atoms with van der Waals surface area (Å²) in [5, 5.41) is 5.17. The van der Waals surface area contributed by atoms with Crippen molar-refractivity contribution in [2.24, 2.45) is 0 Å². The van der Waals surface area contributed by atoms with Crippen molar-refractivity contribution in [1.29, 1.82) is 0 Å². The van der Waals surface area contributed by atoms with Crippen molar-refractivity contribution in [2.45, 2.75) is 39.0 Å². The fraction of sp³-hybridized carbons (Fsp3) is 0.381. The van der Waals surface area contributed by atoms with Gasteiger partial charge in [0.25, 0.3) is 0 Å². The van der Waals surface area contributed by atoms with Gasteiger partial charge in [0.05, 0.1) is 25.0 Å². The van der Waals surface area contributed by atoms with Crippen LogP contribution in [0.4, 0.5) is 0 Å². The number of pyridine rings is 2. The van der Waals surface area contributed by atoms with Gasteiger partial charge in [0.1, 0.15) is 12.1 Å². The third kappa shape index (κ3) is 7.59. The van der Waals surface area contributed by atoms with Crippen LogP contribution in [0.25, 0.3) is 0 Å². The maximum absolute atomic E-state index is 12.6. The summed E-state index contributed by atoms with van der Waals surface area (Å²) in [5.74, 6) is -1.35. The molecule has 0 fully saturated rings. The van der Waals surface area contributed by atoms with Crippen molar-refractivity contribution in [2.75, 3.05) is 13.7 Å². The number of carbonyl (C=O) groups excluding carboxylic acids is 3. The van der Waals surface area contributed by atoms with E-state index >= 15 is 0 Å². The van der Waals surface area contributed by atoms with Gasteiger partial charge in [-0.2, -0.15) is 0 Å². The van der Waals surface area contributed by atoms with E-state index in [1.54, 1.807) is 19.3 Å². The molecule has 0 aromatic carbocycles. The second-order valence-electron chi connectivity index (χ2n) is 6.83. The van der Waals surface area contributed by atoms with Crippen LogP contribution < -0.4 is 10.6 Å². The number of methoxy groups -OCH3 is 1. The van der Waals surface area contributed by atoms with Crippen molar-refractivity contribution in [3.8, 4) is 0 Å². The van der Waals surface area contributed by atoms with Crippen molar-refractivity contribution in [3.05, 3.63) is 60.2 Å². The Bertz CT molecular complexity index is 790. The molecule has 0 saturated heterocycles. The first-order valence-electron chi connectivity index (χ1n) is 9.58. The van der Waals surface area contributed by atoms with Crippen LogP contribution in [0.1, 0.15) is 25.2 Å². The summed E-state index contributed by atoms with van der Waals surface area (Å²) in [5.41, 5.74) is 1.64. The number of amides is 2. The van der Waals surface area contributed by atoms with Crippen LogP contribution >= 0.6 is 0 Å². The standard InChI is InChI=1S/C21H27N5O4/c1-15(20(28)25-16(2)21(29)30-3)24-19(27)14-26(12-17-8-4-6-10-22-17)13-18-9-5-7-11-23-18/h4-11,15-16H,12-14H2,1-3H3,(H,24,27)(H,25,28). The van der Waals surface area contributed by atoms with E-state index in [-0.39, 0.29) is 12.5 Å². The van der Waals surface area contributed by atoms with Gasteiger partial charge >= 0.3 is 5.97 Å². The second-order valence-corrected chi connectivity index (χ2v) is 6.83. The lowest BCUT2D eigenvalue weighted by atomic mass is 10.2. The molecule has 0 aliphatic heterocycles. The molecular weight excluding hydrogens is 386 g/mol. The molecule has 0 radical (unpaired) electrons. The molecule has 2 aromatic rings. The maximum atomic E-state index is 12.6. The summed E-state index contributed by atoms with van der Waals surface area (Å²) in [7, 11) is 1.24. The molecule has 2 aromatic heterocycles. The topological polar surface area (TPSA) is 114 Å². The largest absolute Gasteiger partial charge is 0.467 e. The van der Waals surface area contributed by atoms with Gasteiger partial charge in [0.15, 0.2) is 0 Å². The Labute approximate surface area is 175 Å². The molecule has 2 atom stereocenters. The summed E-state index contributed by atoms with van der Waals surface area (Å²) in [6.45, 7) is 4.02. The molecule has 0 bridgehead atoms. The molecular formula is C21H27N5O4. The average Bonchev–Trinajstić information content (AvgIpc) is 2.74. The zero-order valence-electron chi connectivity index (χ0n) is 17.4. The lowest BCUT2D eigenvalue weighted by Crippen LogP contribution is -2.51. The minimum Gasteiger partial charge on any atom is -0.467 e. The fourth-order valence-corrected chi connectivity index (χ4v) is 2.74. The smallest absolute Gasteiger partial charge is 0.328 e. The molecule has 9 heteroatoms. The molecule has 0 aliphatic carbocycles. The fourth-order valence-electron chi connectivity index (χ4n) is 2.74. The second kappa shape index (κ2) is 11.6. The predicted molar refractivity (Wildman–Crippen MR) is 110 cm³/mol. The molecule has 9 nitrogen and oxygen atoms in total. The SMILES string of the molecule is COC(=O)C(C)NC(=O)C(C)NC(=O)CN(Cc1ccccn1)Cc1ccccn1. The van der Waals surface area contributed by atoms with Gasteiger partial charge in [-0.1, -0.05) is 12.1 Å². The van der Waals surface area contributed by atoms with E-state index in [4.69, 9.17) is 0 Å². The van der Waals surface area contributed by atoms with E-state index in [2.05, 4.69) is 25.3 Å². The van der Waals surface area contributed by atoms with E-state index in [9.17, 15) is 14.4 Å². The highest BCUT2D eigenvalue weighted by Gasteiger charge is 2.22. The number of hydrogen-bond donors (Lipinski definition) is 2. The number of nitrogens with one attached hydrogen (secondary N) is 2. The number of ether oxygens (including phenoxy) is 1. The van der Waals surface area contributed by atoms with Crippen LogP contribution in [0.5, 0.6) is 0 Å². The van der Waals surface area contributed by atoms with Gasteiger partial charge in [-0.05, 0) is 38.1 Å². The lowest BCUT2D eigenvalue weighted by Gasteiger charge is -2.23. The first-order chi connectivity index (χ1) is 14.4. The normalized spacial score (nSPS) is 12.7. The number of rotatable bonds is 10. The molecule has 30 heavy (non-hydrogen) atoms. The number of esters is 1. The minimum absolute atomic E-state index is 0.0529. The molecule has 0 spiro atoms. The number of carbonyl (C=O) groups is 3. The van der Waals surface area contributed by atoms with Gasteiger partial charge in [-0.3, -0.25) is 24.5 Å². The van der Waals surface area contributed by atoms with Gasteiger partial charge in [-0.25, -0.2) is 4.79 Å². The van der Waals surface area contributed by atoms with Crippen LogP contribution in [-0.4, -0.2) is 58.4 Å². The first kappa shape index (κ1) is 23.0.